The summed E-state index contributed by atoms with van der Waals surface area (Å²) in [6.07, 6.45) is 66.3. The van der Waals surface area contributed by atoms with Gasteiger partial charge in [0, 0.05) is 19.4 Å². The lowest BCUT2D eigenvalue weighted by Gasteiger charge is -2.18. The topological polar surface area (TPSA) is 61.8 Å². The average molecular weight is 902 g/mol. The summed E-state index contributed by atoms with van der Waals surface area (Å²) in [5, 5.41) is 0. The van der Waals surface area contributed by atoms with Crippen LogP contribution in [0.2, 0.25) is 0 Å². The van der Waals surface area contributed by atoms with Gasteiger partial charge in [-0.15, -0.1) is 0 Å². The van der Waals surface area contributed by atoms with Gasteiger partial charge in [-0.25, -0.2) is 0 Å². The highest BCUT2D eigenvalue weighted by molar-refractivity contribution is 5.70. The molecule has 0 aliphatic carbocycles. The molecule has 0 N–H and O–H groups in total. The molecule has 1 atom stereocenters. The Bertz CT molecular complexity index is 974. The van der Waals surface area contributed by atoms with E-state index in [1.54, 1.807) is 0 Å². The fourth-order valence-electron chi connectivity index (χ4n) is 8.61. The molecular weight excluding hydrogens is 789 g/mol. The zero-order valence-electron chi connectivity index (χ0n) is 43.6. The third-order valence-electron chi connectivity index (χ3n) is 13.0. The predicted molar refractivity (Wildman–Crippen MR) is 279 cm³/mol. The van der Waals surface area contributed by atoms with Crippen LogP contribution in [0.3, 0.4) is 0 Å². The molecule has 0 saturated carbocycles. The largest absolute Gasteiger partial charge is 0.462 e. The Labute approximate surface area is 400 Å². The van der Waals surface area contributed by atoms with Crippen LogP contribution in [0.5, 0.6) is 0 Å². The van der Waals surface area contributed by atoms with Crippen molar-refractivity contribution in [1.82, 2.24) is 0 Å². The third kappa shape index (κ3) is 53.0. The average Bonchev–Trinajstić information content (AvgIpc) is 3.30. The summed E-state index contributed by atoms with van der Waals surface area (Å²) in [6, 6.07) is 0. The van der Waals surface area contributed by atoms with Crippen molar-refractivity contribution in [2.75, 3.05) is 19.8 Å². The van der Waals surface area contributed by atoms with Crippen LogP contribution in [0.25, 0.3) is 0 Å². The smallest absolute Gasteiger partial charge is 0.306 e. The second-order valence-corrected chi connectivity index (χ2v) is 19.5. The summed E-state index contributed by atoms with van der Waals surface area (Å²) in [7, 11) is 0. The number of carbonyl (C=O) groups is 2. The molecule has 0 aromatic rings. The molecule has 0 aromatic heterocycles. The Hall–Kier alpha value is -1.62. The Morgan fingerprint density at radius 2 is 0.625 bits per heavy atom. The van der Waals surface area contributed by atoms with Crippen molar-refractivity contribution in [1.29, 1.82) is 0 Å². The number of carbonyl (C=O) groups excluding carboxylic acids is 2. The van der Waals surface area contributed by atoms with Gasteiger partial charge in [-0.3, -0.25) is 9.59 Å². The van der Waals surface area contributed by atoms with Gasteiger partial charge in [0.25, 0.3) is 0 Å². The number of esters is 2. The second-order valence-electron chi connectivity index (χ2n) is 19.5. The first-order valence-corrected chi connectivity index (χ1v) is 28.9. The number of hydrogen-bond donors (Lipinski definition) is 0. The number of rotatable bonds is 54. The molecule has 0 spiro atoms. The minimum Gasteiger partial charge on any atom is -0.462 e. The first kappa shape index (κ1) is 62.4. The van der Waals surface area contributed by atoms with Crippen molar-refractivity contribution < 1.29 is 23.8 Å². The first-order valence-electron chi connectivity index (χ1n) is 28.9. The van der Waals surface area contributed by atoms with Gasteiger partial charge < -0.3 is 14.2 Å². The SMILES string of the molecule is CCCC/C=C\CCCCCCCC(=O)OC(COCCCCCCCCCC/C=C\CCCCCCCC)COC(=O)CCCCCCCCCCCCCCCCCCCCC. The van der Waals surface area contributed by atoms with Crippen molar-refractivity contribution in [2.45, 2.75) is 322 Å². The van der Waals surface area contributed by atoms with Crippen molar-refractivity contribution in [2.24, 2.45) is 0 Å². The monoisotopic (exact) mass is 901 g/mol. The van der Waals surface area contributed by atoms with Crippen LogP contribution in [0.1, 0.15) is 316 Å². The van der Waals surface area contributed by atoms with Crippen LogP contribution in [-0.2, 0) is 23.8 Å². The summed E-state index contributed by atoms with van der Waals surface area (Å²) in [4.78, 5) is 25.4. The molecule has 0 aliphatic rings. The van der Waals surface area contributed by atoms with Gasteiger partial charge in [-0.1, -0.05) is 263 Å². The molecule has 0 bridgehead atoms. The Kier molecular flexibility index (Phi) is 54.3. The van der Waals surface area contributed by atoms with Crippen LogP contribution in [-0.4, -0.2) is 37.9 Å². The molecule has 0 heterocycles. The van der Waals surface area contributed by atoms with Gasteiger partial charge in [0.15, 0.2) is 6.10 Å². The lowest BCUT2D eigenvalue weighted by Crippen LogP contribution is -2.30. The van der Waals surface area contributed by atoms with E-state index in [2.05, 4.69) is 45.1 Å². The van der Waals surface area contributed by atoms with E-state index < -0.39 is 6.10 Å². The number of hydrogen-bond acceptors (Lipinski definition) is 5. The summed E-state index contributed by atoms with van der Waals surface area (Å²) in [5.74, 6) is -0.389. The Morgan fingerprint density at radius 1 is 0.328 bits per heavy atom. The highest BCUT2D eigenvalue weighted by atomic mass is 16.6. The molecule has 0 aromatic carbocycles. The maximum absolute atomic E-state index is 12.8. The quantitative estimate of drug-likeness (QED) is 0.0346. The van der Waals surface area contributed by atoms with E-state index in [1.165, 1.54) is 231 Å². The summed E-state index contributed by atoms with van der Waals surface area (Å²) < 4.78 is 17.5. The van der Waals surface area contributed by atoms with Crippen molar-refractivity contribution in [3.63, 3.8) is 0 Å². The molecule has 0 radical (unpaired) electrons. The zero-order valence-corrected chi connectivity index (χ0v) is 43.6. The summed E-state index contributed by atoms with van der Waals surface area (Å²) in [5.41, 5.74) is 0. The molecule has 0 saturated heterocycles. The van der Waals surface area contributed by atoms with E-state index >= 15 is 0 Å². The maximum Gasteiger partial charge on any atom is 0.306 e. The van der Waals surface area contributed by atoms with Crippen molar-refractivity contribution in [3.05, 3.63) is 24.3 Å². The van der Waals surface area contributed by atoms with Crippen LogP contribution in [0, 0.1) is 0 Å². The van der Waals surface area contributed by atoms with E-state index in [0.717, 1.165) is 51.4 Å². The van der Waals surface area contributed by atoms with E-state index in [-0.39, 0.29) is 25.2 Å². The van der Waals surface area contributed by atoms with E-state index in [9.17, 15) is 9.59 Å². The standard InChI is InChI=1S/C59H112O5/c1-4-7-10-13-16-19-22-24-26-28-30-31-33-35-38-40-43-46-49-52-58(60)63-56-57(64-59(61)53-50-47-44-41-37-21-18-15-12-9-6-3)55-62-54-51-48-45-42-39-36-34-32-29-27-25-23-20-17-14-11-8-5-2/h15,18,25,27,57H,4-14,16-17,19-24,26,28-56H2,1-3H3/b18-15-,27-25-. The normalized spacial score (nSPS) is 12.2. The Morgan fingerprint density at radius 3 is 1.00 bits per heavy atom. The van der Waals surface area contributed by atoms with Crippen LogP contribution in [0.15, 0.2) is 24.3 Å². The molecule has 0 fully saturated rings. The van der Waals surface area contributed by atoms with Crippen LogP contribution < -0.4 is 0 Å². The zero-order chi connectivity index (χ0) is 46.3. The predicted octanol–water partition coefficient (Wildman–Crippen LogP) is 19.6. The molecule has 0 amide bonds. The van der Waals surface area contributed by atoms with E-state index in [0.29, 0.717) is 19.4 Å². The fourth-order valence-corrected chi connectivity index (χ4v) is 8.61. The van der Waals surface area contributed by atoms with Crippen LogP contribution in [0.4, 0.5) is 0 Å². The molecule has 0 aliphatic heterocycles. The van der Waals surface area contributed by atoms with Crippen molar-refractivity contribution >= 4 is 11.9 Å². The van der Waals surface area contributed by atoms with Gasteiger partial charge in [0.2, 0.25) is 0 Å². The Balaban J connectivity index is 4.15. The lowest BCUT2D eigenvalue weighted by molar-refractivity contribution is -0.163. The molecule has 64 heavy (non-hydrogen) atoms. The van der Waals surface area contributed by atoms with Gasteiger partial charge in [0.05, 0.1) is 6.61 Å². The number of allylic oxidation sites excluding steroid dienone is 4. The van der Waals surface area contributed by atoms with Crippen LogP contribution >= 0.6 is 0 Å². The fraction of sp³-hybridized carbons (Fsp3) is 0.898. The molecule has 5 heteroatoms. The molecule has 0 rings (SSSR count). The van der Waals surface area contributed by atoms with Crippen molar-refractivity contribution in [3.8, 4) is 0 Å². The molecule has 5 nitrogen and oxygen atoms in total. The van der Waals surface area contributed by atoms with E-state index in [1.807, 2.05) is 0 Å². The highest BCUT2D eigenvalue weighted by Crippen LogP contribution is 2.17. The first-order chi connectivity index (χ1) is 31.6. The van der Waals surface area contributed by atoms with Gasteiger partial charge in [0.1, 0.15) is 6.61 Å². The molecular formula is C59H112O5. The second kappa shape index (κ2) is 55.7. The van der Waals surface area contributed by atoms with Gasteiger partial charge >= 0.3 is 11.9 Å². The van der Waals surface area contributed by atoms with Gasteiger partial charge in [-0.05, 0) is 64.2 Å². The molecule has 1 unspecified atom stereocenters. The number of unbranched alkanes of at least 4 members (excludes halogenated alkanes) is 39. The summed E-state index contributed by atoms with van der Waals surface area (Å²) >= 11 is 0. The molecule has 378 valence electrons. The minimum absolute atomic E-state index is 0.0877. The third-order valence-corrected chi connectivity index (χ3v) is 13.0. The lowest BCUT2D eigenvalue weighted by atomic mass is 10.0. The minimum atomic E-state index is -0.536. The van der Waals surface area contributed by atoms with E-state index in [4.69, 9.17) is 14.2 Å². The highest BCUT2D eigenvalue weighted by Gasteiger charge is 2.17. The maximum atomic E-state index is 12.8. The number of ether oxygens (including phenoxy) is 3. The van der Waals surface area contributed by atoms with Gasteiger partial charge in [-0.2, -0.15) is 0 Å². The summed E-state index contributed by atoms with van der Waals surface area (Å²) in [6.45, 7) is 7.84.